The maximum atomic E-state index is 12.8. The fourth-order valence-corrected chi connectivity index (χ4v) is 2.74. The molecule has 1 N–H and O–H groups in total. The summed E-state index contributed by atoms with van der Waals surface area (Å²) in [5, 5.41) is 2.58. The highest BCUT2D eigenvalue weighted by molar-refractivity contribution is 6.04. The van der Waals surface area contributed by atoms with Crippen LogP contribution in [0.5, 0.6) is 0 Å². The predicted molar refractivity (Wildman–Crippen MR) is 84.5 cm³/mol. The molecule has 0 aliphatic carbocycles. The Morgan fingerprint density at radius 1 is 0.960 bits per heavy atom. The van der Waals surface area contributed by atoms with Gasteiger partial charge in [-0.2, -0.15) is 13.2 Å². The van der Waals surface area contributed by atoms with E-state index in [2.05, 4.69) is 5.32 Å². The van der Waals surface area contributed by atoms with Gasteiger partial charge < -0.3 is 5.32 Å². The largest absolute Gasteiger partial charge is 0.416 e. The number of carbonyl (C=O) groups excluding carboxylic acids is 2. The van der Waals surface area contributed by atoms with Crippen molar-refractivity contribution in [1.82, 2.24) is 10.2 Å². The molecular weight excluding hydrogens is 333 g/mol. The number of hydrogen-bond acceptors (Lipinski definition) is 2. The van der Waals surface area contributed by atoms with E-state index in [9.17, 15) is 22.8 Å². The Kier molecular flexibility index (Phi) is 4.48. The topological polar surface area (TPSA) is 49.4 Å². The van der Waals surface area contributed by atoms with Crippen molar-refractivity contribution in [2.45, 2.75) is 25.2 Å². The fraction of sp³-hybridized carbons (Fsp3) is 0.222. The molecule has 0 saturated carbocycles. The number of benzene rings is 2. The van der Waals surface area contributed by atoms with E-state index in [4.69, 9.17) is 0 Å². The molecule has 2 aromatic rings. The van der Waals surface area contributed by atoms with Gasteiger partial charge in [0.05, 0.1) is 12.1 Å². The van der Waals surface area contributed by atoms with Crippen LogP contribution in [0.25, 0.3) is 0 Å². The average Bonchev–Trinajstić information content (AvgIpc) is 2.83. The molecule has 3 amide bonds. The summed E-state index contributed by atoms with van der Waals surface area (Å²) in [5.74, 6) is -0.439. The quantitative estimate of drug-likeness (QED) is 0.862. The van der Waals surface area contributed by atoms with Gasteiger partial charge in [0, 0.05) is 6.42 Å². The van der Waals surface area contributed by atoms with Crippen LogP contribution in [-0.2, 0) is 23.9 Å². The first-order chi connectivity index (χ1) is 11.8. The summed E-state index contributed by atoms with van der Waals surface area (Å²) in [6, 6.07) is 12.5. The van der Waals surface area contributed by atoms with Crippen molar-refractivity contribution < 1.29 is 22.8 Å². The highest BCUT2D eigenvalue weighted by Crippen LogP contribution is 2.30. The number of urea groups is 1. The molecule has 7 heteroatoms. The van der Waals surface area contributed by atoms with Crippen LogP contribution in [0.1, 0.15) is 16.7 Å². The lowest BCUT2D eigenvalue weighted by Gasteiger charge is -2.14. The van der Waals surface area contributed by atoms with Gasteiger partial charge >= 0.3 is 12.2 Å². The highest BCUT2D eigenvalue weighted by Gasteiger charge is 2.38. The maximum Gasteiger partial charge on any atom is 0.416 e. The van der Waals surface area contributed by atoms with E-state index in [1.54, 1.807) is 0 Å². The number of hydrogen-bond donors (Lipinski definition) is 1. The number of alkyl halides is 3. The number of rotatable bonds is 4. The number of halogens is 3. The highest BCUT2D eigenvalue weighted by atomic mass is 19.4. The maximum absolute atomic E-state index is 12.8. The van der Waals surface area contributed by atoms with E-state index < -0.39 is 29.7 Å². The second kappa shape index (κ2) is 6.58. The third-order valence-corrected chi connectivity index (χ3v) is 3.98. The zero-order chi connectivity index (χ0) is 18.0. The van der Waals surface area contributed by atoms with Crippen molar-refractivity contribution in [3.8, 4) is 0 Å². The number of imide groups is 1. The summed E-state index contributed by atoms with van der Waals surface area (Å²) in [6.45, 7) is -0.195. The van der Waals surface area contributed by atoms with Gasteiger partial charge in [0.15, 0.2) is 0 Å². The molecule has 3 rings (SSSR count). The minimum atomic E-state index is -4.47. The van der Waals surface area contributed by atoms with E-state index in [1.165, 1.54) is 12.1 Å². The Labute approximate surface area is 142 Å². The van der Waals surface area contributed by atoms with Crippen molar-refractivity contribution in [1.29, 1.82) is 0 Å². The van der Waals surface area contributed by atoms with Gasteiger partial charge in [0.25, 0.3) is 5.91 Å². The van der Waals surface area contributed by atoms with Gasteiger partial charge in [-0.05, 0) is 23.3 Å². The summed E-state index contributed by atoms with van der Waals surface area (Å²) in [6.07, 6.45) is -4.13. The second-order valence-electron chi connectivity index (χ2n) is 5.81. The molecule has 25 heavy (non-hydrogen) atoms. The molecule has 1 saturated heterocycles. The van der Waals surface area contributed by atoms with Crippen LogP contribution in [0.3, 0.4) is 0 Å². The van der Waals surface area contributed by atoms with Crippen molar-refractivity contribution in [2.75, 3.05) is 0 Å². The minimum absolute atomic E-state index is 0.195. The molecule has 130 valence electrons. The summed E-state index contributed by atoms with van der Waals surface area (Å²) < 4.78 is 38.3. The Bertz CT molecular complexity index is 790. The second-order valence-corrected chi connectivity index (χ2v) is 5.81. The Morgan fingerprint density at radius 2 is 1.64 bits per heavy atom. The molecule has 1 unspecified atom stereocenters. The first kappa shape index (κ1) is 17.0. The van der Waals surface area contributed by atoms with E-state index in [-0.39, 0.29) is 12.1 Å². The normalized spacial score (nSPS) is 17.7. The van der Waals surface area contributed by atoms with Crippen molar-refractivity contribution in [3.05, 3.63) is 71.3 Å². The van der Waals surface area contributed by atoms with Gasteiger partial charge in [0.2, 0.25) is 0 Å². The van der Waals surface area contributed by atoms with Crippen LogP contribution >= 0.6 is 0 Å². The minimum Gasteiger partial charge on any atom is -0.325 e. The predicted octanol–water partition coefficient (Wildman–Crippen LogP) is 3.37. The first-order valence-corrected chi connectivity index (χ1v) is 7.66. The van der Waals surface area contributed by atoms with Gasteiger partial charge in [-0.25, -0.2) is 4.79 Å². The lowest BCUT2D eigenvalue weighted by molar-refractivity contribution is -0.137. The molecule has 0 spiro atoms. The number of carbonyl (C=O) groups is 2. The number of nitrogens with one attached hydrogen (secondary N) is 1. The van der Waals surface area contributed by atoms with Crippen LogP contribution in [0.15, 0.2) is 54.6 Å². The fourth-order valence-electron chi connectivity index (χ4n) is 2.74. The Balaban J connectivity index is 1.73. The SMILES string of the molecule is O=C1NC(Cc2ccccc2)C(=O)N1Cc1cccc(C(F)(F)F)c1. The van der Waals surface area contributed by atoms with E-state index in [0.717, 1.165) is 22.6 Å². The molecule has 1 aliphatic rings. The van der Waals surface area contributed by atoms with Crippen molar-refractivity contribution in [3.63, 3.8) is 0 Å². The smallest absolute Gasteiger partial charge is 0.325 e. The summed E-state index contributed by atoms with van der Waals surface area (Å²) >= 11 is 0. The zero-order valence-corrected chi connectivity index (χ0v) is 13.1. The van der Waals surface area contributed by atoms with Crippen LogP contribution < -0.4 is 5.32 Å². The van der Waals surface area contributed by atoms with Crippen molar-refractivity contribution in [2.24, 2.45) is 0 Å². The Hall–Kier alpha value is -2.83. The third kappa shape index (κ3) is 3.81. The molecule has 1 fully saturated rings. The van der Waals surface area contributed by atoms with Gasteiger partial charge in [-0.3, -0.25) is 9.69 Å². The van der Waals surface area contributed by atoms with Gasteiger partial charge in [0.1, 0.15) is 6.04 Å². The molecular formula is C18H15F3N2O2. The molecule has 0 radical (unpaired) electrons. The summed E-state index contributed by atoms with van der Waals surface area (Å²) in [4.78, 5) is 25.4. The summed E-state index contributed by atoms with van der Waals surface area (Å²) in [7, 11) is 0. The van der Waals surface area contributed by atoms with Crippen LogP contribution in [0.4, 0.5) is 18.0 Å². The van der Waals surface area contributed by atoms with Gasteiger partial charge in [-0.1, -0.05) is 42.5 Å². The Morgan fingerprint density at radius 3 is 2.32 bits per heavy atom. The van der Waals surface area contributed by atoms with E-state index in [0.29, 0.717) is 6.42 Å². The molecule has 4 nitrogen and oxygen atoms in total. The van der Waals surface area contributed by atoms with Crippen molar-refractivity contribution >= 4 is 11.9 Å². The molecule has 2 aromatic carbocycles. The lowest BCUT2D eigenvalue weighted by Crippen LogP contribution is -2.32. The molecule has 1 aliphatic heterocycles. The first-order valence-electron chi connectivity index (χ1n) is 7.66. The van der Waals surface area contributed by atoms with Gasteiger partial charge in [-0.15, -0.1) is 0 Å². The van der Waals surface area contributed by atoms with Crippen LogP contribution in [-0.4, -0.2) is 22.9 Å². The average molecular weight is 348 g/mol. The zero-order valence-electron chi connectivity index (χ0n) is 13.1. The van der Waals surface area contributed by atoms with E-state index >= 15 is 0 Å². The standard InChI is InChI=1S/C18H15F3N2O2/c19-18(20,21)14-8-4-7-13(9-14)11-23-16(24)15(22-17(23)25)10-12-5-2-1-3-6-12/h1-9,15H,10-11H2,(H,22,25). The molecule has 1 atom stereocenters. The third-order valence-electron chi connectivity index (χ3n) is 3.98. The van der Waals surface area contributed by atoms with E-state index in [1.807, 2.05) is 30.3 Å². The number of nitrogens with zero attached hydrogens (tertiary/aromatic N) is 1. The molecule has 0 aromatic heterocycles. The summed E-state index contributed by atoms with van der Waals surface area (Å²) in [5.41, 5.74) is 0.332. The molecule has 1 heterocycles. The molecule has 0 bridgehead atoms. The monoisotopic (exact) mass is 348 g/mol. The van der Waals surface area contributed by atoms with Crippen LogP contribution in [0, 0.1) is 0 Å². The lowest BCUT2D eigenvalue weighted by atomic mass is 10.1. The van der Waals surface area contributed by atoms with Crippen LogP contribution in [0.2, 0.25) is 0 Å². The number of amides is 3.